The molecule has 0 radical (unpaired) electrons. The molecule has 1 rings (SSSR count). The summed E-state index contributed by atoms with van der Waals surface area (Å²) < 4.78 is 16.6. The molecule has 0 spiro atoms. The van der Waals surface area contributed by atoms with E-state index >= 15 is 0 Å². The van der Waals surface area contributed by atoms with Crippen molar-refractivity contribution in [1.29, 1.82) is 0 Å². The molecule has 1 aromatic rings. The third kappa shape index (κ3) is 6.82. The van der Waals surface area contributed by atoms with Crippen LogP contribution in [0, 0.1) is 5.92 Å². The highest BCUT2D eigenvalue weighted by Gasteiger charge is 2.08. The molecule has 4 heteroatoms. The molecule has 0 fully saturated rings. The van der Waals surface area contributed by atoms with Crippen LogP contribution in [0.1, 0.15) is 33.3 Å². The van der Waals surface area contributed by atoms with Gasteiger partial charge in [-0.3, -0.25) is 0 Å². The second-order valence-corrected chi connectivity index (χ2v) is 5.60. The zero-order valence-electron chi connectivity index (χ0n) is 13.9. The summed E-state index contributed by atoms with van der Waals surface area (Å²) in [6, 6.07) is 6.09. The Morgan fingerprint density at radius 2 is 1.86 bits per heavy atom. The van der Waals surface area contributed by atoms with Gasteiger partial charge in [0.1, 0.15) is 6.61 Å². The van der Waals surface area contributed by atoms with Crippen LogP contribution in [0.3, 0.4) is 0 Å². The molecule has 0 saturated heterocycles. The summed E-state index contributed by atoms with van der Waals surface area (Å²) in [5.74, 6) is 2.22. The Kier molecular flexibility index (Phi) is 8.16. The van der Waals surface area contributed by atoms with Gasteiger partial charge in [0.2, 0.25) is 0 Å². The van der Waals surface area contributed by atoms with E-state index in [4.69, 9.17) is 14.2 Å². The van der Waals surface area contributed by atoms with E-state index in [0.717, 1.165) is 24.6 Å². The summed E-state index contributed by atoms with van der Waals surface area (Å²) in [6.07, 6.45) is 0.0619. The van der Waals surface area contributed by atoms with Gasteiger partial charge in [0.25, 0.3) is 0 Å². The number of benzene rings is 1. The minimum Gasteiger partial charge on any atom is -0.490 e. The monoisotopic (exact) mass is 295 g/mol. The van der Waals surface area contributed by atoms with Crippen LogP contribution in [0.4, 0.5) is 0 Å². The van der Waals surface area contributed by atoms with Crippen LogP contribution in [0.15, 0.2) is 18.2 Å². The van der Waals surface area contributed by atoms with E-state index in [9.17, 15) is 0 Å². The molecular weight excluding hydrogens is 266 g/mol. The number of hydrogen-bond acceptors (Lipinski definition) is 4. The number of rotatable bonds is 10. The number of nitrogens with one attached hydrogen (secondary N) is 1. The quantitative estimate of drug-likeness (QED) is 0.719. The molecule has 0 saturated carbocycles. The largest absolute Gasteiger partial charge is 0.490 e. The smallest absolute Gasteiger partial charge is 0.161 e. The molecule has 4 nitrogen and oxygen atoms in total. The zero-order valence-corrected chi connectivity index (χ0v) is 13.9. The van der Waals surface area contributed by atoms with Crippen LogP contribution in [-0.4, -0.2) is 33.0 Å². The lowest BCUT2D eigenvalue weighted by molar-refractivity contribution is 0.0703. The van der Waals surface area contributed by atoms with E-state index in [1.165, 1.54) is 5.56 Å². The van der Waals surface area contributed by atoms with Gasteiger partial charge in [0.15, 0.2) is 11.5 Å². The van der Waals surface area contributed by atoms with E-state index in [2.05, 4.69) is 25.2 Å². The van der Waals surface area contributed by atoms with Gasteiger partial charge in [-0.25, -0.2) is 0 Å². The fraction of sp³-hybridized carbons (Fsp3) is 0.647. The van der Waals surface area contributed by atoms with Crippen LogP contribution in [0.5, 0.6) is 11.5 Å². The first-order chi connectivity index (χ1) is 10.1. The first-order valence-corrected chi connectivity index (χ1v) is 7.68. The van der Waals surface area contributed by atoms with Crippen molar-refractivity contribution < 1.29 is 14.2 Å². The molecule has 0 aliphatic rings. The highest BCUT2D eigenvalue weighted by molar-refractivity contribution is 5.43. The Hall–Kier alpha value is -1.26. The first kappa shape index (κ1) is 17.8. The zero-order chi connectivity index (χ0) is 15.7. The molecule has 1 unspecified atom stereocenters. The molecule has 0 aromatic heterocycles. The average molecular weight is 295 g/mol. The Bertz CT molecular complexity index is 407. The number of ether oxygens (including phenoxy) is 3. The van der Waals surface area contributed by atoms with Crippen LogP contribution in [0.25, 0.3) is 0 Å². The van der Waals surface area contributed by atoms with Gasteiger partial charge in [0, 0.05) is 13.7 Å². The van der Waals surface area contributed by atoms with E-state index in [0.29, 0.717) is 19.1 Å². The lowest BCUT2D eigenvalue weighted by Crippen LogP contribution is -2.19. The van der Waals surface area contributed by atoms with Gasteiger partial charge in [-0.05, 0) is 44.0 Å². The Labute approximate surface area is 128 Å². The van der Waals surface area contributed by atoms with Gasteiger partial charge in [0.05, 0.1) is 12.7 Å². The lowest BCUT2D eigenvalue weighted by atomic mass is 10.2. The molecular formula is C17H29NO3. The lowest BCUT2D eigenvalue weighted by Gasteiger charge is -2.16. The maximum Gasteiger partial charge on any atom is 0.161 e. The van der Waals surface area contributed by atoms with Crippen LogP contribution in [0.2, 0.25) is 0 Å². The molecule has 1 atom stereocenters. The predicted octanol–water partition coefficient (Wildman–Crippen LogP) is 3.24. The molecule has 1 aromatic carbocycles. The van der Waals surface area contributed by atoms with Crippen molar-refractivity contribution in [3.8, 4) is 11.5 Å². The molecule has 1 N–H and O–H groups in total. The average Bonchev–Trinajstić information content (AvgIpc) is 2.46. The second kappa shape index (κ2) is 9.64. The molecule has 0 amide bonds. The molecule has 120 valence electrons. The SMILES string of the molecule is CCOc1cc(CNCC(C)C)ccc1OCC(C)OC. The van der Waals surface area contributed by atoms with Crippen molar-refractivity contribution in [2.24, 2.45) is 5.92 Å². The molecule has 0 bridgehead atoms. The van der Waals surface area contributed by atoms with Gasteiger partial charge in [-0.2, -0.15) is 0 Å². The molecule has 0 heterocycles. The highest BCUT2D eigenvalue weighted by Crippen LogP contribution is 2.28. The van der Waals surface area contributed by atoms with E-state index < -0.39 is 0 Å². The van der Waals surface area contributed by atoms with Crippen LogP contribution >= 0.6 is 0 Å². The summed E-state index contributed by atoms with van der Waals surface area (Å²) in [7, 11) is 1.68. The third-order valence-electron chi connectivity index (χ3n) is 3.07. The van der Waals surface area contributed by atoms with Crippen LogP contribution < -0.4 is 14.8 Å². The fourth-order valence-electron chi connectivity index (χ4n) is 1.83. The summed E-state index contributed by atoms with van der Waals surface area (Å²) in [5.41, 5.74) is 1.20. The maximum absolute atomic E-state index is 5.77. The summed E-state index contributed by atoms with van der Waals surface area (Å²) in [4.78, 5) is 0. The standard InChI is InChI=1S/C17H29NO3/c1-6-20-17-9-15(11-18-10-13(2)3)7-8-16(17)21-12-14(4)19-5/h7-9,13-14,18H,6,10-12H2,1-5H3. The molecule has 0 aliphatic heterocycles. The molecule has 0 aliphatic carbocycles. The van der Waals surface area contributed by atoms with Crippen LogP contribution in [-0.2, 0) is 11.3 Å². The second-order valence-electron chi connectivity index (χ2n) is 5.60. The highest BCUT2D eigenvalue weighted by atomic mass is 16.5. The van der Waals surface area contributed by atoms with Crippen molar-refractivity contribution in [3.63, 3.8) is 0 Å². The first-order valence-electron chi connectivity index (χ1n) is 7.68. The Morgan fingerprint density at radius 3 is 2.48 bits per heavy atom. The maximum atomic E-state index is 5.77. The number of methoxy groups -OCH3 is 1. The van der Waals surface area contributed by atoms with Gasteiger partial charge < -0.3 is 19.5 Å². The topological polar surface area (TPSA) is 39.7 Å². The van der Waals surface area contributed by atoms with Gasteiger partial charge in [-0.15, -0.1) is 0 Å². The summed E-state index contributed by atoms with van der Waals surface area (Å²) >= 11 is 0. The third-order valence-corrected chi connectivity index (χ3v) is 3.07. The fourth-order valence-corrected chi connectivity index (χ4v) is 1.83. The van der Waals surface area contributed by atoms with Gasteiger partial charge >= 0.3 is 0 Å². The van der Waals surface area contributed by atoms with Crippen molar-refractivity contribution in [2.75, 3.05) is 26.9 Å². The Balaban J connectivity index is 2.66. The molecule has 21 heavy (non-hydrogen) atoms. The van der Waals surface area contributed by atoms with Gasteiger partial charge in [-0.1, -0.05) is 19.9 Å². The minimum absolute atomic E-state index is 0.0619. The van der Waals surface area contributed by atoms with Crippen molar-refractivity contribution in [3.05, 3.63) is 23.8 Å². The predicted molar refractivity (Wildman–Crippen MR) is 86.1 cm³/mol. The summed E-state index contributed by atoms with van der Waals surface area (Å²) in [6.45, 7) is 11.3. The number of hydrogen-bond donors (Lipinski definition) is 1. The summed E-state index contributed by atoms with van der Waals surface area (Å²) in [5, 5.41) is 3.43. The van der Waals surface area contributed by atoms with E-state index in [1.807, 2.05) is 26.0 Å². The Morgan fingerprint density at radius 1 is 1.10 bits per heavy atom. The van der Waals surface area contributed by atoms with Crippen molar-refractivity contribution >= 4 is 0 Å². The van der Waals surface area contributed by atoms with Crippen molar-refractivity contribution in [1.82, 2.24) is 5.32 Å². The normalized spacial score (nSPS) is 12.5. The van der Waals surface area contributed by atoms with E-state index in [-0.39, 0.29) is 6.10 Å². The van der Waals surface area contributed by atoms with Crippen molar-refractivity contribution in [2.45, 2.75) is 40.3 Å². The minimum atomic E-state index is 0.0619. The van der Waals surface area contributed by atoms with E-state index in [1.54, 1.807) is 7.11 Å².